The number of phenolic OH excluding ortho intramolecular Hbond substituents is 1. The first-order chi connectivity index (χ1) is 22.3. The van der Waals surface area contributed by atoms with Gasteiger partial charge >= 0.3 is 0 Å². The lowest BCUT2D eigenvalue weighted by atomic mass is 9.97. The predicted molar refractivity (Wildman–Crippen MR) is 178 cm³/mol. The fraction of sp³-hybridized carbons (Fsp3) is 0.588. The first-order valence-electron chi connectivity index (χ1n) is 16.1. The summed E-state index contributed by atoms with van der Waals surface area (Å²) >= 11 is 1.03. The highest BCUT2D eigenvalue weighted by atomic mass is 32.2. The lowest BCUT2D eigenvalue weighted by Crippen LogP contribution is -2.59. The number of ether oxygens (including phenoxy) is 1. The van der Waals surface area contributed by atoms with Crippen molar-refractivity contribution in [1.82, 2.24) is 15.1 Å². The SMILES string of the molecule is Cc1cc(O)cc(O[C@@H]2S[C@H](CO)[C@@H](O)[C@H](O)[C@H]2O)c1Cc1ccc(CCCC(=O)NC(C)(C)C(=O)N2CCN(CCO)CC2)cc1. The topological polar surface area (TPSA) is 183 Å². The minimum atomic E-state index is -1.49. The van der Waals surface area contributed by atoms with Crippen molar-refractivity contribution < 1.29 is 45.0 Å². The number of benzene rings is 2. The Balaban J connectivity index is 1.30. The second-order valence-electron chi connectivity index (χ2n) is 12.9. The Bertz CT molecular complexity index is 1350. The van der Waals surface area contributed by atoms with E-state index >= 15 is 0 Å². The minimum Gasteiger partial charge on any atom is -0.508 e. The number of aromatic hydroxyl groups is 1. The molecule has 13 heteroatoms. The summed E-state index contributed by atoms with van der Waals surface area (Å²) in [5.74, 6) is 0.0320. The molecule has 2 heterocycles. The molecule has 2 fully saturated rings. The lowest BCUT2D eigenvalue weighted by molar-refractivity contribution is -0.142. The number of phenols is 1. The van der Waals surface area contributed by atoms with Crippen LogP contribution in [0.2, 0.25) is 0 Å². The largest absolute Gasteiger partial charge is 0.508 e. The van der Waals surface area contributed by atoms with Crippen molar-refractivity contribution in [3.63, 3.8) is 0 Å². The second kappa shape index (κ2) is 16.5. The summed E-state index contributed by atoms with van der Waals surface area (Å²) in [6.07, 6.45) is -2.16. The fourth-order valence-electron chi connectivity index (χ4n) is 6.04. The van der Waals surface area contributed by atoms with Crippen LogP contribution in [0.1, 0.15) is 48.9 Å². The molecule has 0 unspecified atom stereocenters. The molecule has 12 nitrogen and oxygen atoms in total. The number of rotatable bonds is 13. The Morgan fingerprint density at radius 2 is 1.64 bits per heavy atom. The van der Waals surface area contributed by atoms with Crippen LogP contribution in [0.4, 0.5) is 0 Å². The monoisotopic (exact) mass is 675 g/mol. The lowest BCUT2D eigenvalue weighted by Gasteiger charge is -2.39. The van der Waals surface area contributed by atoms with Crippen LogP contribution in [0.15, 0.2) is 36.4 Å². The average Bonchev–Trinajstić information content (AvgIpc) is 3.03. The third-order valence-electron chi connectivity index (χ3n) is 8.84. The van der Waals surface area contributed by atoms with E-state index < -0.39 is 41.1 Å². The number of aliphatic hydroxyl groups is 5. The molecule has 2 amide bonds. The van der Waals surface area contributed by atoms with Crippen molar-refractivity contribution in [3.05, 3.63) is 58.7 Å². The summed E-state index contributed by atoms with van der Waals surface area (Å²) in [5.41, 5.74) is 1.61. The summed E-state index contributed by atoms with van der Waals surface area (Å²) in [7, 11) is 0. The first-order valence-corrected chi connectivity index (χ1v) is 17.1. The molecule has 2 aromatic carbocycles. The molecule has 2 aliphatic rings. The second-order valence-corrected chi connectivity index (χ2v) is 14.3. The molecule has 47 heavy (non-hydrogen) atoms. The van der Waals surface area contributed by atoms with E-state index in [0.717, 1.165) is 34.0 Å². The number of piperazine rings is 1. The van der Waals surface area contributed by atoms with Crippen LogP contribution < -0.4 is 10.1 Å². The van der Waals surface area contributed by atoms with Gasteiger partial charge in [0.15, 0.2) is 5.44 Å². The summed E-state index contributed by atoms with van der Waals surface area (Å²) < 4.78 is 6.08. The predicted octanol–water partition coefficient (Wildman–Crippen LogP) is 0.541. The van der Waals surface area contributed by atoms with Gasteiger partial charge in [-0.2, -0.15) is 0 Å². The van der Waals surface area contributed by atoms with Crippen molar-refractivity contribution >= 4 is 23.6 Å². The van der Waals surface area contributed by atoms with Gasteiger partial charge in [-0.15, -0.1) is 11.8 Å². The molecule has 0 aromatic heterocycles. The number of thioether (sulfide) groups is 1. The third kappa shape index (κ3) is 9.59. The summed E-state index contributed by atoms with van der Waals surface area (Å²) in [6.45, 7) is 8.12. The first kappa shape index (κ1) is 36.9. The Morgan fingerprint density at radius 1 is 0.979 bits per heavy atom. The highest BCUT2D eigenvalue weighted by Crippen LogP contribution is 2.38. The minimum absolute atomic E-state index is 0.0138. The molecule has 0 aliphatic carbocycles. The molecule has 0 radical (unpaired) electrons. The number of nitrogens with one attached hydrogen (secondary N) is 1. The van der Waals surface area contributed by atoms with E-state index in [1.165, 1.54) is 6.07 Å². The Kier molecular flexibility index (Phi) is 12.9. The highest BCUT2D eigenvalue weighted by molar-refractivity contribution is 8.00. The van der Waals surface area contributed by atoms with Crippen molar-refractivity contribution in [2.45, 2.75) is 81.0 Å². The van der Waals surface area contributed by atoms with E-state index in [4.69, 9.17) is 9.84 Å². The molecule has 0 saturated carbocycles. The van der Waals surface area contributed by atoms with Gasteiger partial charge in [0.2, 0.25) is 11.8 Å². The van der Waals surface area contributed by atoms with E-state index in [9.17, 15) is 35.1 Å². The van der Waals surface area contributed by atoms with Gasteiger partial charge < -0.3 is 45.6 Å². The molecule has 2 aliphatic heterocycles. The number of carbonyl (C=O) groups is 2. The Labute approximate surface area is 280 Å². The van der Waals surface area contributed by atoms with Gasteiger partial charge in [0.1, 0.15) is 29.2 Å². The smallest absolute Gasteiger partial charge is 0.247 e. The van der Waals surface area contributed by atoms with Gasteiger partial charge in [-0.3, -0.25) is 14.5 Å². The maximum absolute atomic E-state index is 13.1. The molecule has 260 valence electrons. The summed E-state index contributed by atoms with van der Waals surface area (Å²) in [6, 6.07) is 11.0. The molecular formula is C34H49N3O9S. The fourth-order valence-corrected chi connectivity index (χ4v) is 7.28. The van der Waals surface area contributed by atoms with Crippen LogP contribution in [0.5, 0.6) is 11.5 Å². The molecule has 0 bridgehead atoms. The number of carbonyl (C=O) groups excluding carboxylic acids is 2. The quantitative estimate of drug-likeness (QED) is 0.157. The molecule has 2 aromatic rings. The molecule has 2 saturated heterocycles. The van der Waals surface area contributed by atoms with Crippen LogP contribution in [0.3, 0.4) is 0 Å². The number of aryl methyl sites for hydroxylation is 2. The average molecular weight is 676 g/mol. The van der Waals surface area contributed by atoms with E-state index in [0.29, 0.717) is 57.7 Å². The number of hydrogen-bond acceptors (Lipinski definition) is 11. The molecule has 4 rings (SSSR count). The van der Waals surface area contributed by atoms with Crippen LogP contribution in [-0.4, -0.2) is 133 Å². The van der Waals surface area contributed by atoms with Crippen molar-refractivity contribution in [1.29, 1.82) is 0 Å². The van der Waals surface area contributed by atoms with Gasteiger partial charge in [-0.25, -0.2) is 0 Å². The third-order valence-corrected chi connectivity index (χ3v) is 10.3. The van der Waals surface area contributed by atoms with Crippen LogP contribution in [0, 0.1) is 6.92 Å². The van der Waals surface area contributed by atoms with Crippen molar-refractivity contribution in [2.75, 3.05) is 45.9 Å². The normalized spacial score (nSPS) is 23.8. The zero-order valence-corrected chi connectivity index (χ0v) is 28.2. The number of hydrogen-bond donors (Lipinski definition) is 7. The van der Waals surface area contributed by atoms with Gasteiger partial charge in [0.25, 0.3) is 0 Å². The maximum atomic E-state index is 13.1. The Morgan fingerprint density at radius 3 is 2.28 bits per heavy atom. The van der Waals surface area contributed by atoms with E-state index in [2.05, 4.69) is 10.2 Å². The standard InChI is InChI=1S/C34H49N3O9S/c1-21-17-24(40)19-26(46-32-31(44)30(43)29(42)27(20-39)47-32)25(21)18-23-9-7-22(8-10-23)5-4-6-28(41)35-34(2,3)33(45)37-13-11-36(12-14-37)15-16-38/h7-10,17,19,27,29-32,38-40,42-44H,4-6,11-16,18,20H2,1-3H3,(H,35,41)/t27-,29-,30+,31-,32-/m1/s1. The summed E-state index contributed by atoms with van der Waals surface area (Å²) in [4.78, 5) is 29.7. The van der Waals surface area contributed by atoms with Gasteiger partial charge in [0.05, 0.1) is 24.6 Å². The molecular weight excluding hydrogens is 626 g/mol. The van der Waals surface area contributed by atoms with Crippen LogP contribution in [-0.2, 0) is 22.4 Å². The highest BCUT2D eigenvalue weighted by Gasteiger charge is 2.44. The maximum Gasteiger partial charge on any atom is 0.247 e. The Hall–Kier alpha value is -2.91. The number of amides is 2. The van der Waals surface area contributed by atoms with E-state index in [-0.39, 0.29) is 30.6 Å². The van der Waals surface area contributed by atoms with Crippen molar-refractivity contribution in [2.24, 2.45) is 0 Å². The number of nitrogens with zero attached hydrogens (tertiary/aromatic N) is 2. The van der Waals surface area contributed by atoms with Gasteiger partial charge in [0, 0.05) is 57.2 Å². The molecule has 7 N–H and O–H groups in total. The molecule has 0 spiro atoms. The summed E-state index contributed by atoms with van der Waals surface area (Å²) in [5, 5.41) is 62.1. The van der Waals surface area contributed by atoms with Gasteiger partial charge in [-0.1, -0.05) is 24.3 Å². The van der Waals surface area contributed by atoms with E-state index in [1.54, 1.807) is 24.8 Å². The number of β-amino-alcohol motifs (C(OH)–C–C–N with tert-alkyl or cyclic N) is 1. The zero-order valence-electron chi connectivity index (χ0n) is 27.3. The van der Waals surface area contributed by atoms with Crippen molar-refractivity contribution in [3.8, 4) is 11.5 Å². The van der Waals surface area contributed by atoms with Crippen LogP contribution >= 0.6 is 11.8 Å². The number of aliphatic hydroxyl groups excluding tert-OH is 5. The van der Waals surface area contributed by atoms with Gasteiger partial charge in [-0.05, 0) is 56.4 Å². The van der Waals surface area contributed by atoms with E-state index in [1.807, 2.05) is 31.2 Å². The van der Waals surface area contributed by atoms with Crippen LogP contribution in [0.25, 0.3) is 0 Å². The molecule has 5 atom stereocenters. The zero-order chi connectivity index (χ0) is 34.3.